The molecule has 2 heterocycles. The van der Waals surface area contributed by atoms with E-state index in [1.54, 1.807) is 0 Å². The highest BCUT2D eigenvalue weighted by atomic mass is 19.4. The van der Waals surface area contributed by atoms with Gasteiger partial charge in [-0.3, -0.25) is 0 Å². The van der Waals surface area contributed by atoms with Crippen molar-refractivity contribution < 1.29 is 31.1 Å². The van der Waals surface area contributed by atoms with E-state index < -0.39 is 31.4 Å². The first-order chi connectivity index (χ1) is 10.1. The Morgan fingerprint density at radius 3 is 2.59 bits per heavy atom. The van der Waals surface area contributed by atoms with Gasteiger partial charge in [-0.05, 0) is 12.5 Å². The standard InChI is InChI=1S/C12H13F6N3O/c13-11(14,15)3-1-8-2-4-19-10(20-8)21-5-6-22-9(7-21)12(16,17)18/h2,4,9H,1,3,5-7H2/t9-/m0/s1. The molecule has 0 unspecified atom stereocenters. The van der Waals surface area contributed by atoms with Crippen LogP contribution in [0.2, 0.25) is 0 Å². The van der Waals surface area contributed by atoms with Gasteiger partial charge in [0.1, 0.15) is 0 Å². The van der Waals surface area contributed by atoms with Crippen LogP contribution < -0.4 is 4.90 Å². The lowest BCUT2D eigenvalue weighted by atomic mass is 10.2. The Hall–Kier alpha value is -1.58. The zero-order valence-corrected chi connectivity index (χ0v) is 11.3. The maximum atomic E-state index is 12.6. The minimum absolute atomic E-state index is 0.0165. The molecule has 1 saturated heterocycles. The fraction of sp³-hybridized carbons (Fsp3) is 0.667. The van der Waals surface area contributed by atoms with Crippen LogP contribution in [0.15, 0.2) is 12.3 Å². The predicted octanol–water partition coefficient (Wildman–Crippen LogP) is 2.74. The molecule has 0 amide bonds. The quantitative estimate of drug-likeness (QED) is 0.800. The summed E-state index contributed by atoms with van der Waals surface area (Å²) in [6.45, 7) is -0.484. The second kappa shape index (κ2) is 6.27. The van der Waals surface area contributed by atoms with E-state index in [1.807, 2.05) is 0 Å². The number of halogens is 6. The van der Waals surface area contributed by atoms with Gasteiger partial charge < -0.3 is 9.64 Å². The number of rotatable bonds is 3. The summed E-state index contributed by atoms with van der Waals surface area (Å²) in [5.74, 6) is -0.0165. The molecule has 2 rings (SSSR count). The van der Waals surface area contributed by atoms with Crippen LogP contribution in [0.4, 0.5) is 32.3 Å². The van der Waals surface area contributed by atoms with E-state index in [9.17, 15) is 26.3 Å². The second-order valence-electron chi connectivity index (χ2n) is 4.81. The molecular weight excluding hydrogens is 316 g/mol. The highest BCUT2D eigenvalue weighted by molar-refractivity contribution is 5.31. The Balaban J connectivity index is 2.05. The summed E-state index contributed by atoms with van der Waals surface area (Å²) in [4.78, 5) is 9.01. The molecule has 4 nitrogen and oxygen atoms in total. The second-order valence-corrected chi connectivity index (χ2v) is 4.81. The third kappa shape index (κ3) is 4.72. The number of anilines is 1. The van der Waals surface area contributed by atoms with Gasteiger partial charge >= 0.3 is 12.4 Å². The van der Waals surface area contributed by atoms with Gasteiger partial charge in [0.2, 0.25) is 5.95 Å². The van der Waals surface area contributed by atoms with Crippen LogP contribution in [-0.2, 0) is 11.2 Å². The van der Waals surface area contributed by atoms with E-state index in [4.69, 9.17) is 0 Å². The smallest absolute Gasteiger partial charge is 0.365 e. The first-order valence-corrected chi connectivity index (χ1v) is 6.47. The largest absolute Gasteiger partial charge is 0.416 e. The molecule has 0 radical (unpaired) electrons. The lowest BCUT2D eigenvalue weighted by Crippen LogP contribution is -2.49. The van der Waals surface area contributed by atoms with E-state index >= 15 is 0 Å². The molecule has 124 valence electrons. The Morgan fingerprint density at radius 2 is 1.95 bits per heavy atom. The third-order valence-corrected chi connectivity index (χ3v) is 3.08. The van der Waals surface area contributed by atoms with Crippen molar-refractivity contribution in [2.75, 3.05) is 24.6 Å². The van der Waals surface area contributed by atoms with Crippen molar-refractivity contribution in [3.05, 3.63) is 18.0 Å². The van der Waals surface area contributed by atoms with Crippen LogP contribution >= 0.6 is 0 Å². The summed E-state index contributed by atoms with van der Waals surface area (Å²) < 4.78 is 79.1. The van der Waals surface area contributed by atoms with E-state index in [1.165, 1.54) is 17.2 Å². The maximum absolute atomic E-state index is 12.6. The van der Waals surface area contributed by atoms with Crippen LogP contribution in [0.1, 0.15) is 12.1 Å². The molecule has 0 spiro atoms. The Labute approximate surface area is 122 Å². The molecule has 1 fully saturated rings. The molecule has 0 saturated carbocycles. The fourth-order valence-electron chi connectivity index (χ4n) is 1.97. The summed E-state index contributed by atoms with van der Waals surface area (Å²) in [5.41, 5.74) is 0.136. The molecule has 1 atom stereocenters. The van der Waals surface area contributed by atoms with Gasteiger partial charge in [-0.15, -0.1) is 0 Å². The Bertz CT molecular complexity index is 504. The number of ether oxygens (including phenoxy) is 1. The Morgan fingerprint density at radius 1 is 1.23 bits per heavy atom. The summed E-state index contributed by atoms with van der Waals surface area (Å²) in [6.07, 6.45) is -10.9. The van der Waals surface area contributed by atoms with Crippen molar-refractivity contribution in [1.29, 1.82) is 0 Å². The van der Waals surface area contributed by atoms with Crippen molar-refractivity contribution in [1.82, 2.24) is 9.97 Å². The van der Waals surface area contributed by atoms with Crippen LogP contribution in [0.5, 0.6) is 0 Å². The molecule has 10 heteroatoms. The molecule has 0 aliphatic carbocycles. The summed E-state index contributed by atoms with van der Waals surface area (Å²) in [7, 11) is 0. The highest BCUT2D eigenvalue weighted by Gasteiger charge is 2.43. The third-order valence-electron chi connectivity index (χ3n) is 3.08. The summed E-state index contributed by atoms with van der Waals surface area (Å²) in [6, 6.07) is 1.32. The number of aryl methyl sites for hydroxylation is 1. The van der Waals surface area contributed by atoms with Crippen LogP contribution in [-0.4, -0.2) is 48.1 Å². The number of hydrogen-bond donors (Lipinski definition) is 0. The number of hydrogen-bond acceptors (Lipinski definition) is 4. The van der Waals surface area contributed by atoms with Crippen LogP contribution in [0.3, 0.4) is 0 Å². The van der Waals surface area contributed by atoms with E-state index in [2.05, 4.69) is 14.7 Å². The summed E-state index contributed by atoms with van der Waals surface area (Å²) in [5, 5.41) is 0. The maximum Gasteiger partial charge on any atom is 0.416 e. The SMILES string of the molecule is FC(F)(F)CCc1ccnc(N2CCO[C@H](C(F)(F)F)C2)n1. The molecule has 1 aliphatic heterocycles. The van der Waals surface area contributed by atoms with E-state index in [0.717, 1.165) is 0 Å². The molecular formula is C12H13F6N3O. The molecule has 1 aromatic rings. The van der Waals surface area contributed by atoms with Crippen molar-refractivity contribution in [2.45, 2.75) is 31.3 Å². The van der Waals surface area contributed by atoms with Crippen LogP contribution in [0.25, 0.3) is 0 Å². The molecule has 0 aromatic carbocycles. The van der Waals surface area contributed by atoms with E-state index in [-0.39, 0.29) is 31.2 Å². The average molecular weight is 329 g/mol. The average Bonchev–Trinajstić information content (AvgIpc) is 2.44. The first-order valence-electron chi connectivity index (χ1n) is 6.47. The van der Waals surface area contributed by atoms with Gasteiger partial charge in [0.05, 0.1) is 13.2 Å². The van der Waals surface area contributed by atoms with Gasteiger partial charge in [0.15, 0.2) is 6.10 Å². The van der Waals surface area contributed by atoms with Gasteiger partial charge in [-0.2, -0.15) is 26.3 Å². The first kappa shape index (κ1) is 16.8. The lowest BCUT2D eigenvalue weighted by Gasteiger charge is -2.33. The minimum atomic E-state index is -4.51. The van der Waals surface area contributed by atoms with Gasteiger partial charge in [-0.1, -0.05) is 0 Å². The van der Waals surface area contributed by atoms with E-state index in [0.29, 0.717) is 0 Å². The topological polar surface area (TPSA) is 38.2 Å². The van der Waals surface area contributed by atoms with Gasteiger partial charge in [0, 0.05) is 24.9 Å². The minimum Gasteiger partial charge on any atom is -0.365 e. The number of aromatic nitrogens is 2. The predicted molar refractivity (Wildman–Crippen MR) is 64.4 cm³/mol. The van der Waals surface area contributed by atoms with Crippen molar-refractivity contribution in [2.24, 2.45) is 0 Å². The molecule has 0 N–H and O–H groups in total. The highest BCUT2D eigenvalue weighted by Crippen LogP contribution is 2.27. The number of morpholine rings is 1. The van der Waals surface area contributed by atoms with Crippen LogP contribution in [0, 0.1) is 0 Å². The number of alkyl halides is 6. The van der Waals surface area contributed by atoms with Gasteiger partial charge in [-0.25, -0.2) is 9.97 Å². The number of nitrogens with zero attached hydrogens (tertiary/aromatic N) is 3. The summed E-state index contributed by atoms with van der Waals surface area (Å²) >= 11 is 0. The molecule has 22 heavy (non-hydrogen) atoms. The Kier molecular flexibility index (Phi) is 4.78. The van der Waals surface area contributed by atoms with Crippen molar-refractivity contribution >= 4 is 5.95 Å². The molecule has 1 aromatic heterocycles. The lowest BCUT2D eigenvalue weighted by molar-refractivity contribution is -0.221. The zero-order valence-electron chi connectivity index (χ0n) is 11.3. The fourth-order valence-corrected chi connectivity index (χ4v) is 1.97. The van der Waals surface area contributed by atoms with Gasteiger partial charge in [0.25, 0.3) is 0 Å². The monoisotopic (exact) mass is 329 g/mol. The molecule has 0 bridgehead atoms. The van der Waals surface area contributed by atoms with Crippen molar-refractivity contribution in [3.8, 4) is 0 Å². The van der Waals surface area contributed by atoms with Crippen molar-refractivity contribution in [3.63, 3.8) is 0 Å². The normalized spacial score (nSPS) is 20.3. The molecule has 1 aliphatic rings. The zero-order chi connectivity index (χ0) is 16.4.